The van der Waals surface area contributed by atoms with Crippen molar-refractivity contribution in [1.29, 1.82) is 0 Å². The SMILES string of the molecule is COc1cnc(OC2CCN(c3ccncc3Br)CC2)nc1. The second kappa shape index (κ2) is 6.91. The van der Waals surface area contributed by atoms with Gasteiger partial charge in [0.15, 0.2) is 5.75 Å². The number of pyridine rings is 1. The van der Waals surface area contributed by atoms with Gasteiger partial charge in [0.05, 0.1) is 29.7 Å². The minimum absolute atomic E-state index is 0.144. The Balaban J connectivity index is 1.56. The molecule has 116 valence electrons. The maximum atomic E-state index is 5.84. The van der Waals surface area contributed by atoms with E-state index < -0.39 is 0 Å². The first kappa shape index (κ1) is 15.0. The zero-order chi connectivity index (χ0) is 15.4. The number of rotatable bonds is 4. The largest absolute Gasteiger partial charge is 0.494 e. The van der Waals surface area contributed by atoms with Crippen molar-refractivity contribution in [2.45, 2.75) is 18.9 Å². The highest BCUT2D eigenvalue weighted by atomic mass is 79.9. The van der Waals surface area contributed by atoms with Crippen LogP contribution in [0.1, 0.15) is 12.8 Å². The fraction of sp³-hybridized carbons (Fsp3) is 0.400. The Morgan fingerprint density at radius 2 is 1.91 bits per heavy atom. The number of halogens is 1. The van der Waals surface area contributed by atoms with Crippen molar-refractivity contribution < 1.29 is 9.47 Å². The molecule has 22 heavy (non-hydrogen) atoms. The number of ether oxygens (including phenoxy) is 2. The minimum Gasteiger partial charge on any atom is -0.494 e. The molecule has 3 rings (SSSR count). The van der Waals surface area contributed by atoms with E-state index in [1.54, 1.807) is 19.5 Å². The van der Waals surface area contributed by atoms with Gasteiger partial charge in [-0.2, -0.15) is 9.97 Å². The molecule has 1 fully saturated rings. The average Bonchev–Trinajstić information content (AvgIpc) is 2.57. The van der Waals surface area contributed by atoms with Gasteiger partial charge in [-0.1, -0.05) is 0 Å². The van der Waals surface area contributed by atoms with Crippen LogP contribution in [0.5, 0.6) is 11.8 Å². The molecule has 1 aliphatic heterocycles. The van der Waals surface area contributed by atoms with Crippen LogP contribution in [0.2, 0.25) is 0 Å². The Kier molecular flexibility index (Phi) is 4.72. The molecule has 6 nitrogen and oxygen atoms in total. The van der Waals surface area contributed by atoms with Crippen molar-refractivity contribution >= 4 is 21.6 Å². The van der Waals surface area contributed by atoms with E-state index in [1.165, 1.54) is 5.69 Å². The Hall–Kier alpha value is -1.89. The summed E-state index contributed by atoms with van der Waals surface area (Å²) in [4.78, 5) is 14.7. The summed E-state index contributed by atoms with van der Waals surface area (Å²) >= 11 is 3.55. The monoisotopic (exact) mass is 364 g/mol. The molecule has 0 atom stereocenters. The third-order valence-electron chi connectivity index (χ3n) is 3.65. The lowest BCUT2D eigenvalue weighted by Gasteiger charge is -2.33. The number of methoxy groups -OCH3 is 1. The Labute approximate surface area is 137 Å². The van der Waals surface area contributed by atoms with Crippen molar-refractivity contribution in [3.63, 3.8) is 0 Å². The van der Waals surface area contributed by atoms with E-state index in [0.717, 1.165) is 30.4 Å². The second-order valence-electron chi connectivity index (χ2n) is 5.04. The molecule has 0 bridgehead atoms. The molecule has 0 aliphatic carbocycles. The van der Waals surface area contributed by atoms with Crippen LogP contribution in [0.15, 0.2) is 35.3 Å². The van der Waals surface area contributed by atoms with Gasteiger partial charge in [-0.05, 0) is 22.0 Å². The van der Waals surface area contributed by atoms with Gasteiger partial charge in [0.2, 0.25) is 0 Å². The molecule has 0 spiro atoms. The van der Waals surface area contributed by atoms with Gasteiger partial charge in [-0.15, -0.1) is 0 Å². The first-order chi connectivity index (χ1) is 10.8. The summed E-state index contributed by atoms with van der Waals surface area (Å²) in [5.41, 5.74) is 1.18. The third kappa shape index (κ3) is 3.47. The van der Waals surface area contributed by atoms with Crippen LogP contribution in [0.25, 0.3) is 0 Å². The highest BCUT2D eigenvalue weighted by Crippen LogP contribution is 2.28. The molecular weight excluding hydrogens is 348 g/mol. The molecule has 3 heterocycles. The van der Waals surface area contributed by atoms with Crippen molar-refractivity contribution in [2.75, 3.05) is 25.1 Å². The number of nitrogens with zero attached hydrogens (tertiary/aromatic N) is 4. The standard InChI is InChI=1S/C15H17BrN4O2/c1-21-12-8-18-15(19-9-12)22-11-3-6-20(7-4-11)14-2-5-17-10-13(14)16/h2,5,8-11H,3-4,6-7H2,1H3. The number of aromatic nitrogens is 3. The summed E-state index contributed by atoms with van der Waals surface area (Å²) in [7, 11) is 1.59. The lowest BCUT2D eigenvalue weighted by molar-refractivity contribution is 0.156. The van der Waals surface area contributed by atoms with Crippen molar-refractivity contribution in [2.24, 2.45) is 0 Å². The number of anilines is 1. The maximum Gasteiger partial charge on any atom is 0.316 e. The molecule has 0 amide bonds. The highest BCUT2D eigenvalue weighted by Gasteiger charge is 2.22. The van der Waals surface area contributed by atoms with Gasteiger partial charge < -0.3 is 14.4 Å². The Morgan fingerprint density at radius 3 is 2.55 bits per heavy atom. The van der Waals surface area contributed by atoms with Crippen molar-refractivity contribution in [1.82, 2.24) is 15.0 Å². The van der Waals surface area contributed by atoms with Gasteiger partial charge in [-0.3, -0.25) is 4.98 Å². The van der Waals surface area contributed by atoms with Crippen LogP contribution in [-0.4, -0.2) is 41.3 Å². The van der Waals surface area contributed by atoms with E-state index in [9.17, 15) is 0 Å². The molecule has 0 radical (unpaired) electrons. The predicted molar refractivity (Wildman–Crippen MR) is 86.4 cm³/mol. The summed E-state index contributed by atoms with van der Waals surface area (Å²) in [6, 6.07) is 2.43. The average molecular weight is 365 g/mol. The number of piperidine rings is 1. The lowest BCUT2D eigenvalue weighted by atomic mass is 10.1. The van der Waals surface area contributed by atoms with Gasteiger partial charge >= 0.3 is 6.01 Å². The van der Waals surface area contributed by atoms with Crippen LogP contribution >= 0.6 is 15.9 Å². The topological polar surface area (TPSA) is 60.4 Å². The summed E-state index contributed by atoms with van der Waals surface area (Å²) in [5, 5.41) is 0. The van der Waals surface area contributed by atoms with E-state index in [-0.39, 0.29) is 6.10 Å². The summed E-state index contributed by atoms with van der Waals surface area (Å²) in [6.45, 7) is 1.87. The lowest BCUT2D eigenvalue weighted by Crippen LogP contribution is -2.38. The van der Waals surface area contributed by atoms with Crippen molar-refractivity contribution in [3.05, 3.63) is 35.3 Å². The molecule has 0 aromatic carbocycles. The van der Waals surface area contributed by atoms with E-state index in [2.05, 4.69) is 35.8 Å². The van der Waals surface area contributed by atoms with Crippen LogP contribution < -0.4 is 14.4 Å². The predicted octanol–water partition coefficient (Wildman–Crippen LogP) is 2.69. The molecule has 7 heteroatoms. The Morgan fingerprint density at radius 1 is 1.18 bits per heavy atom. The molecule has 2 aromatic heterocycles. The summed E-state index contributed by atoms with van der Waals surface area (Å²) in [6.07, 6.45) is 8.88. The van der Waals surface area contributed by atoms with Gasteiger partial charge in [-0.25, -0.2) is 0 Å². The molecule has 1 saturated heterocycles. The van der Waals surface area contributed by atoms with Crippen LogP contribution in [0.3, 0.4) is 0 Å². The molecule has 0 N–H and O–H groups in total. The normalized spacial score (nSPS) is 15.6. The summed E-state index contributed by atoms with van der Waals surface area (Å²) < 4.78 is 11.9. The van der Waals surface area contributed by atoms with E-state index in [0.29, 0.717) is 11.8 Å². The smallest absolute Gasteiger partial charge is 0.316 e. The van der Waals surface area contributed by atoms with E-state index in [4.69, 9.17) is 9.47 Å². The molecule has 0 unspecified atom stereocenters. The first-order valence-corrected chi connectivity index (χ1v) is 7.92. The molecular formula is C15H17BrN4O2. The van der Waals surface area contributed by atoms with E-state index >= 15 is 0 Å². The van der Waals surface area contributed by atoms with Gasteiger partial charge in [0.1, 0.15) is 6.10 Å². The molecule has 0 saturated carbocycles. The highest BCUT2D eigenvalue weighted by molar-refractivity contribution is 9.10. The quantitative estimate of drug-likeness (QED) is 0.830. The molecule has 2 aromatic rings. The summed E-state index contributed by atoms with van der Waals surface area (Å²) in [5.74, 6) is 0.629. The van der Waals surface area contributed by atoms with Crippen LogP contribution in [0, 0.1) is 0 Å². The van der Waals surface area contributed by atoms with Gasteiger partial charge in [0.25, 0.3) is 0 Å². The maximum absolute atomic E-state index is 5.84. The minimum atomic E-state index is 0.144. The zero-order valence-electron chi connectivity index (χ0n) is 12.3. The Bertz CT molecular complexity index is 615. The third-order valence-corrected chi connectivity index (χ3v) is 4.26. The van der Waals surface area contributed by atoms with E-state index in [1.807, 2.05) is 18.5 Å². The number of hydrogen-bond donors (Lipinski definition) is 0. The van der Waals surface area contributed by atoms with Crippen LogP contribution in [0.4, 0.5) is 5.69 Å². The second-order valence-corrected chi connectivity index (χ2v) is 5.89. The van der Waals surface area contributed by atoms with Gasteiger partial charge in [0, 0.05) is 38.3 Å². The fourth-order valence-electron chi connectivity index (χ4n) is 2.46. The zero-order valence-corrected chi connectivity index (χ0v) is 13.9. The first-order valence-electron chi connectivity index (χ1n) is 7.13. The molecule has 1 aliphatic rings. The fourth-order valence-corrected chi connectivity index (χ4v) is 2.96. The number of hydrogen-bond acceptors (Lipinski definition) is 6. The van der Waals surface area contributed by atoms with Crippen molar-refractivity contribution in [3.8, 4) is 11.8 Å². The van der Waals surface area contributed by atoms with Crippen LogP contribution in [-0.2, 0) is 0 Å².